The number of pyridine rings is 1. The fourth-order valence-corrected chi connectivity index (χ4v) is 3.01. The van der Waals surface area contributed by atoms with Gasteiger partial charge in [0.15, 0.2) is 0 Å². The molecule has 1 aliphatic rings. The number of likely N-dealkylation sites (N-methyl/N-ethyl adjacent to an activating group) is 1. The number of carbonyl (C=O) groups is 1. The number of aromatic nitrogens is 1. The fraction of sp³-hybridized carbons (Fsp3) is 0.368. The molecule has 25 heavy (non-hydrogen) atoms. The van der Waals surface area contributed by atoms with Crippen molar-refractivity contribution in [3.8, 4) is 0 Å². The van der Waals surface area contributed by atoms with E-state index in [1.807, 2.05) is 18.2 Å². The van der Waals surface area contributed by atoms with Crippen molar-refractivity contribution in [3.05, 3.63) is 59.7 Å². The Hall–Kier alpha value is -2.47. The van der Waals surface area contributed by atoms with Crippen LogP contribution in [0.15, 0.2) is 42.6 Å². The molecule has 0 spiro atoms. The maximum absolute atomic E-state index is 13.8. The lowest BCUT2D eigenvalue weighted by atomic mass is 10.1. The number of amides is 1. The van der Waals surface area contributed by atoms with Gasteiger partial charge in [0.05, 0.1) is 17.8 Å². The van der Waals surface area contributed by atoms with Gasteiger partial charge < -0.3 is 14.7 Å². The molecule has 1 saturated heterocycles. The lowest BCUT2D eigenvalue weighted by molar-refractivity contribution is 0.0783. The number of anilines is 1. The largest absolute Gasteiger partial charge is 0.368 e. The third-order valence-corrected chi connectivity index (χ3v) is 4.50. The maximum atomic E-state index is 13.8. The monoisotopic (exact) mass is 342 g/mol. The molecule has 3 rings (SSSR count). The molecule has 0 atom stereocenters. The van der Waals surface area contributed by atoms with Crippen LogP contribution in [0.1, 0.15) is 16.1 Å². The zero-order valence-electron chi connectivity index (χ0n) is 14.7. The summed E-state index contributed by atoms with van der Waals surface area (Å²) in [5.41, 5.74) is 2.01. The summed E-state index contributed by atoms with van der Waals surface area (Å²) < 4.78 is 13.8. The van der Waals surface area contributed by atoms with Crippen LogP contribution < -0.4 is 4.90 Å². The van der Waals surface area contributed by atoms with Crippen LogP contribution in [0.4, 0.5) is 10.1 Å². The van der Waals surface area contributed by atoms with E-state index in [9.17, 15) is 9.18 Å². The summed E-state index contributed by atoms with van der Waals surface area (Å²) in [5.74, 6) is -0.591. The molecule has 1 aromatic carbocycles. The molecule has 0 aliphatic carbocycles. The Morgan fingerprint density at radius 3 is 2.64 bits per heavy atom. The SMILES string of the molecule is CN1CCN(c2ccc(F)cc2C(=O)N(C)Cc2ccccn2)CC1. The van der Waals surface area contributed by atoms with Crippen LogP contribution in [0.2, 0.25) is 0 Å². The second-order valence-electron chi connectivity index (χ2n) is 6.43. The lowest BCUT2D eigenvalue weighted by Crippen LogP contribution is -2.45. The van der Waals surface area contributed by atoms with Crippen molar-refractivity contribution >= 4 is 11.6 Å². The van der Waals surface area contributed by atoms with E-state index in [0.29, 0.717) is 12.1 Å². The summed E-state index contributed by atoms with van der Waals surface area (Å²) in [5, 5.41) is 0. The Morgan fingerprint density at radius 1 is 1.20 bits per heavy atom. The van der Waals surface area contributed by atoms with E-state index < -0.39 is 5.82 Å². The van der Waals surface area contributed by atoms with E-state index in [-0.39, 0.29) is 5.91 Å². The minimum absolute atomic E-state index is 0.195. The average molecular weight is 342 g/mol. The second kappa shape index (κ2) is 7.61. The zero-order valence-corrected chi connectivity index (χ0v) is 14.7. The minimum atomic E-state index is -0.396. The van der Waals surface area contributed by atoms with Crippen LogP contribution in [0.5, 0.6) is 0 Å². The van der Waals surface area contributed by atoms with Gasteiger partial charge in [0.25, 0.3) is 5.91 Å². The Morgan fingerprint density at radius 2 is 1.96 bits per heavy atom. The summed E-state index contributed by atoms with van der Waals surface area (Å²) >= 11 is 0. The smallest absolute Gasteiger partial charge is 0.256 e. The summed E-state index contributed by atoms with van der Waals surface area (Å²) in [6.45, 7) is 3.89. The van der Waals surface area contributed by atoms with Crippen molar-refractivity contribution < 1.29 is 9.18 Å². The van der Waals surface area contributed by atoms with Crippen LogP contribution in [-0.4, -0.2) is 61.0 Å². The second-order valence-corrected chi connectivity index (χ2v) is 6.43. The van der Waals surface area contributed by atoms with Gasteiger partial charge in [0, 0.05) is 45.1 Å². The van der Waals surface area contributed by atoms with Crippen molar-refractivity contribution in [3.63, 3.8) is 0 Å². The number of rotatable bonds is 4. The standard InChI is InChI=1S/C19H23FN4O/c1-22-9-11-24(12-10-22)18-7-6-15(20)13-17(18)19(25)23(2)14-16-5-3-4-8-21-16/h3-8,13H,9-12,14H2,1-2H3. The van der Waals surface area contributed by atoms with E-state index in [1.54, 1.807) is 24.2 Å². The van der Waals surface area contributed by atoms with Gasteiger partial charge in [0.2, 0.25) is 0 Å². The van der Waals surface area contributed by atoms with Crippen molar-refractivity contribution in [1.82, 2.24) is 14.8 Å². The summed E-state index contributed by atoms with van der Waals surface area (Å²) in [6.07, 6.45) is 1.70. The first-order valence-electron chi connectivity index (χ1n) is 8.43. The first kappa shape index (κ1) is 17.4. The molecule has 2 heterocycles. The number of hydrogen-bond donors (Lipinski definition) is 0. The number of hydrogen-bond acceptors (Lipinski definition) is 4. The summed E-state index contributed by atoms with van der Waals surface area (Å²) in [6, 6.07) is 10.1. The van der Waals surface area contributed by atoms with Gasteiger partial charge in [-0.25, -0.2) is 4.39 Å². The molecule has 1 aromatic heterocycles. The summed E-state index contributed by atoms with van der Waals surface area (Å²) in [7, 11) is 3.80. The molecule has 1 fully saturated rings. The van der Waals surface area contributed by atoms with Gasteiger partial charge in [-0.05, 0) is 37.4 Å². The van der Waals surface area contributed by atoms with Gasteiger partial charge in [-0.2, -0.15) is 0 Å². The molecule has 0 bridgehead atoms. The fourth-order valence-electron chi connectivity index (χ4n) is 3.01. The molecule has 0 unspecified atom stereocenters. The molecule has 0 saturated carbocycles. The first-order valence-corrected chi connectivity index (χ1v) is 8.43. The van der Waals surface area contributed by atoms with Crippen molar-refractivity contribution in [2.45, 2.75) is 6.54 Å². The van der Waals surface area contributed by atoms with Gasteiger partial charge in [-0.1, -0.05) is 6.07 Å². The lowest BCUT2D eigenvalue weighted by Gasteiger charge is -2.35. The van der Waals surface area contributed by atoms with E-state index in [1.165, 1.54) is 12.1 Å². The normalized spacial score (nSPS) is 15.2. The third-order valence-electron chi connectivity index (χ3n) is 4.50. The number of nitrogens with zero attached hydrogens (tertiary/aromatic N) is 4. The highest BCUT2D eigenvalue weighted by Crippen LogP contribution is 2.24. The van der Waals surface area contributed by atoms with Crippen molar-refractivity contribution in [2.75, 3.05) is 45.2 Å². The number of piperazine rings is 1. The van der Waals surface area contributed by atoms with E-state index in [4.69, 9.17) is 0 Å². The molecule has 5 nitrogen and oxygen atoms in total. The highest BCUT2D eigenvalue weighted by molar-refractivity contribution is 5.99. The highest BCUT2D eigenvalue weighted by Gasteiger charge is 2.23. The molecule has 2 aromatic rings. The minimum Gasteiger partial charge on any atom is -0.368 e. The van der Waals surface area contributed by atoms with Gasteiger partial charge in [0.1, 0.15) is 5.82 Å². The predicted octanol–water partition coefficient (Wildman–Crippen LogP) is 2.24. The van der Waals surface area contributed by atoms with Gasteiger partial charge >= 0.3 is 0 Å². The third kappa shape index (κ3) is 4.14. The molecule has 132 valence electrons. The molecule has 6 heteroatoms. The van der Waals surface area contributed by atoms with E-state index >= 15 is 0 Å². The highest BCUT2D eigenvalue weighted by atomic mass is 19.1. The number of halogens is 1. The zero-order chi connectivity index (χ0) is 17.8. The Labute approximate surface area is 147 Å². The molecule has 1 amide bonds. The summed E-state index contributed by atoms with van der Waals surface area (Å²) in [4.78, 5) is 23.2. The van der Waals surface area contributed by atoms with Crippen LogP contribution in [0.3, 0.4) is 0 Å². The number of benzene rings is 1. The first-order chi connectivity index (χ1) is 12.0. The number of carbonyl (C=O) groups excluding carboxylic acids is 1. The quantitative estimate of drug-likeness (QED) is 0.854. The van der Waals surface area contributed by atoms with Gasteiger partial charge in [-0.15, -0.1) is 0 Å². The average Bonchev–Trinajstić information content (AvgIpc) is 2.62. The topological polar surface area (TPSA) is 39.7 Å². The van der Waals surface area contributed by atoms with Crippen molar-refractivity contribution in [1.29, 1.82) is 0 Å². The molecule has 0 radical (unpaired) electrons. The van der Waals surface area contributed by atoms with Crippen LogP contribution >= 0.6 is 0 Å². The molecule has 0 N–H and O–H groups in total. The Balaban J connectivity index is 1.82. The molecular formula is C19H23FN4O. The van der Waals surface area contributed by atoms with Gasteiger partial charge in [-0.3, -0.25) is 9.78 Å². The Kier molecular flexibility index (Phi) is 5.28. The predicted molar refractivity (Wildman–Crippen MR) is 96.1 cm³/mol. The van der Waals surface area contributed by atoms with E-state index in [2.05, 4.69) is 21.8 Å². The van der Waals surface area contributed by atoms with Crippen LogP contribution in [0.25, 0.3) is 0 Å². The van der Waals surface area contributed by atoms with Crippen molar-refractivity contribution in [2.24, 2.45) is 0 Å². The van der Waals surface area contributed by atoms with Crippen LogP contribution in [0, 0.1) is 5.82 Å². The van der Waals surface area contributed by atoms with Crippen LogP contribution in [-0.2, 0) is 6.54 Å². The molecular weight excluding hydrogens is 319 g/mol. The van der Waals surface area contributed by atoms with E-state index in [0.717, 1.165) is 37.6 Å². The Bertz CT molecular complexity index is 729. The maximum Gasteiger partial charge on any atom is 0.256 e. The molecule has 1 aliphatic heterocycles.